The molecule has 0 bridgehead atoms. The third-order valence-corrected chi connectivity index (χ3v) is 3.15. The standard InChI is InChI=1S/C11H15NO3/c1-7(13)6-12-10(14)4-9(5-11(12)15)8-2-3-8/h8-9H,2-6H2,1H3. The molecule has 4 heteroatoms. The Balaban J connectivity index is 2.00. The predicted molar refractivity (Wildman–Crippen MR) is 52.8 cm³/mol. The molecule has 2 amide bonds. The zero-order valence-electron chi connectivity index (χ0n) is 8.86. The fourth-order valence-corrected chi connectivity index (χ4v) is 2.18. The molecule has 4 nitrogen and oxygen atoms in total. The molecule has 2 aliphatic rings. The lowest BCUT2D eigenvalue weighted by atomic mass is 9.91. The van der Waals surface area contributed by atoms with Crippen molar-refractivity contribution in [3.05, 3.63) is 0 Å². The summed E-state index contributed by atoms with van der Waals surface area (Å²) in [5.74, 6) is 0.351. The first-order valence-corrected chi connectivity index (χ1v) is 5.40. The summed E-state index contributed by atoms with van der Waals surface area (Å²) < 4.78 is 0. The van der Waals surface area contributed by atoms with Crippen LogP contribution in [0.1, 0.15) is 32.6 Å². The van der Waals surface area contributed by atoms with Crippen LogP contribution < -0.4 is 0 Å². The van der Waals surface area contributed by atoms with Crippen LogP contribution in [0.5, 0.6) is 0 Å². The van der Waals surface area contributed by atoms with Crippen molar-refractivity contribution in [2.24, 2.45) is 11.8 Å². The molecule has 0 aromatic rings. The number of imide groups is 1. The maximum atomic E-state index is 11.6. The van der Waals surface area contributed by atoms with E-state index in [0.717, 1.165) is 17.7 Å². The minimum Gasteiger partial charge on any atom is -0.298 e. The van der Waals surface area contributed by atoms with E-state index < -0.39 is 0 Å². The third-order valence-electron chi connectivity index (χ3n) is 3.15. The summed E-state index contributed by atoms with van der Waals surface area (Å²) in [6.07, 6.45) is 3.20. The van der Waals surface area contributed by atoms with Crippen LogP contribution in [0.25, 0.3) is 0 Å². The lowest BCUT2D eigenvalue weighted by Gasteiger charge is -2.29. The molecule has 15 heavy (non-hydrogen) atoms. The van der Waals surface area contributed by atoms with Crippen LogP contribution in [0.3, 0.4) is 0 Å². The molecule has 1 heterocycles. The van der Waals surface area contributed by atoms with E-state index in [0.29, 0.717) is 18.8 Å². The van der Waals surface area contributed by atoms with Crippen LogP contribution in [0, 0.1) is 11.8 Å². The summed E-state index contributed by atoms with van der Waals surface area (Å²) in [6, 6.07) is 0. The molecular formula is C11H15NO3. The number of nitrogens with zero attached hydrogens (tertiary/aromatic N) is 1. The van der Waals surface area contributed by atoms with Crippen molar-refractivity contribution in [2.75, 3.05) is 6.54 Å². The van der Waals surface area contributed by atoms with E-state index in [4.69, 9.17) is 0 Å². The van der Waals surface area contributed by atoms with Crippen molar-refractivity contribution in [3.8, 4) is 0 Å². The molecule has 0 aromatic carbocycles. The number of carbonyl (C=O) groups is 3. The van der Waals surface area contributed by atoms with E-state index in [1.165, 1.54) is 6.92 Å². The van der Waals surface area contributed by atoms with Gasteiger partial charge in [0.05, 0.1) is 6.54 Å². The molecule has 0 atom stereocenters. The lowest BCUT2D eigenvalue weighted by molar-refractivity contribution is -0.152. The zero-order chi connectivity index (χ0) is 11.0. The highest BCUT2D eigenvalue weighted by molar-refractivity contribution is 6.01. The van der Waals surface area contributed by atoms with Crippen LogP contribution in [0.15, 0.2) is 0 Å². The fourth-order valence-electron chi connectivity index (χ4n) is 2.18. The highest BCUT2D eigenvalue weighted by Crippen LogP contribution is 2.42. The van der Waals surface area contributed by atoms with Crippen molar-refractivity contribution in [1.29, 1.82) is 0 Å². The molecule has 2 fully saturated rings. The lowest BCUT2D eigenvalue weighted by Crippen LogP contribution is -2.45. The second kappa shape index (κ2) is 3.76. The van der Waals surface area contributed by atoms with Gasteiger partial charge in [0.1, 0.15) is 5.78 Å². The first-order chi connectivity index (χ1) is 7.08. The van der Waals surface area contributed by atoms with Gasteiger partial charge < -0.3 is 0 Å². The van der Waals surface area contributed by atoms with E-state index in [-0.39, 0.29) is 30.1 Å². The third kappa shape index (κ3) is 2.25. The average molecular weight is 209 g/mol. The zero-order valence-corrected chi connectivity index (χ0v) is 8.86. The number of ketones is 1. The number of rotatable bonds is 3. The Hall–Kier alpha value is -1.19. The van der Waals surface area contributed by atoms with Crippen molar-refractivity contribution >= 4 is 17.6 Å². The first-order valence-electron chi connectivity index (χ1n) is 5.40. The second-order valence-electron chi connectivity index (χ2n) is 4.58. The summed E-state index contributed by atoms with van der Waals surface area (Å²) in [6.45, 7) is 1.35. The largest absolute Gasteiger partial charge is 0.298 e. The van der Waals surface area contributed by atoms with Gasteiger partial charge in [0.15, 0.2) is 0 Å². The average Bonchev–Trinajstić information content (AvgIpc) is 2.93. The van der Waals surface area contributed by atoms with Gasteiger partial charge in [0.25, 0.3) is 0 Å². The van der Waals surface area contributed by atoms with Gasteiger partial charge in [-0.1, -0.05) is 0 Å². The van der Waals surface area contributed by atoms with Crippen molar-refractivity contribution in [1.82, 2.24) is 4.90 Å². The van der Waals surface area contributed by atoms with Gasteiger partial charge in [-0.25, -0.2) is 0 Å². The van der Waals surface area contributed by atoms with E-state index >= 15 is 0 Å². The topological polar surface area (TPSA) is 54.5 Å². The Bertz CT molecular complexity index is 302. The maximum Gasteiger partial charge on any atom is 0.229 e. The van der Waals surface area contributed by atoms with E-state index in [2.05, 4.69) is 0 Å². The SMILES string of the molecule is CC(=O)CN1C(=O)CC(C2CC2)CC1=O. The summed E-state index contributed by atoms with van der Waals surface area (Å²) in [7, 11) is 0. The molecule has 1 aliphatic heterocycles. The summed E-state index contributed by atoms with van der Waals surface area (Å²) in [5, 5.41) is 0. The number of piperidine rings is 1. The van der Waals surface area contributed by atoms with Crippen LogP contribution >= 0.6 is 0 Å². The minimum atomic E-state index is -0.168. The molecule has 1 saturated heterocycles. The predicted octanol–water partition coefficient (Wildman–Crippen LogP) is 0.751. The number of Topliss-reactive ketones (excluding diaryl/α,β-unsaturated/α-hetero) is 1. The first kappa shape index (κ1) is 10.3. The molecule has 1 aliphatic carbocycles. The Kier molecular flexibility index (Phi) is 2.59. The molecule has 1 saturated carbocycles. The van der Waals surface area contributed by atoms with Gasteiger partial charge >= 0.3 is 0 Å². The van der Waals surface area contributed by atoms with Crippen LogP contribution in [-0.4, -0.2) is 29.0 Å². The van der Waals surface area contributed by atoms with Gasteiger partial charge in [-0.3, -0.25) is 19.3 Å². The Morgan fingerprint density at radius 1 is 1.20 bits per heavy atom. The van der Waals surface area contributed by atoms with E-state index in [1.807, 2.05) is 0 Å². The van der Waals surface area contributed by atoms with E-state index in [9.17, 15) is 14.4 Å². The van der Waals surface area contributed by atoms with Crippen LogP contribution in [0.2, 0.25) is 0 Å². The number of hydrogen-bond acceptors (Lipinski definition) is 3. The molecule has 0 N–H and O–H groups in total. The summed E-state index contributed by atoms with van der Waals surface area (Å²) in [4.78, 5) is 35.3. The Labute approximate surface area is 88.6 Å². The monoisotopic (exact) mass is 209 g/mol. The molecule has 2 rings (SSSR count). The van der Waals surface area contributed by atoms with E-state index in [1.54, 1.807) is 0 Å². The number of amides is 2. The van der Waals surface area contributed by atoms with Gasteiger partial charge in [-0.05, 0) is 31.6 Å². The minimum absolute atomic E-state index is 0.0466. The number of hydrogen-bond donors (Lipinski definition) is 0. The van der Waals surface area contributed by atoms with Gasteiger partial charge in [0.2, 0.25) is 11.8 Å². The van der Waals surface area contributed by atoms with Gasteiger partial charge in [-0.2, -0.15) is 0 Å². The van der Waals surface area contributed by atoms with Crippen molar-refractivity contribution < 1.29 is 14.4 Å². The summed E-state index contributed by atoms with van der Waals surface area (Å²) in [5.41, 5.74) is 0. The fraction of sp³-hybridized carbons (Fsp3) is 0.727. The second-order valence-corrected chi connectivity index (χ2v) is 4.58. The van der Waals surface area contributed by atoms with Crippen molar-refractivity contribution in [2.45, 2.75) is 32.6 Å². The quantitative estimate of drug-likeness (QED) is 0.644. The molecule has 0 unspecified atom stereocenters. The van der Waals surface area contributed by atoms with Crippen molar-refractivity contribution in [3.63, 3.8) is 0 Å². The molecule has 82 valence electrons. The Morgan fingerprint density at radius 3 is 2.13 bits per heavy atom. The maximum absolute atomic E-state index is 11.6. The Morgan fingerprint density at radius 2 is 1.73 bits per heavy atom. The van der Waals surface area contributed by atoms with Crippen LogP contribution in [-0.2, 0) is 14.4 Å². The molecule has 0 spiro atoms. The normalized spacial score (nSPS) is 23.4. The van der Waals surface area contributed by atoms with Crippen LogP contribution in [0.4, 0.5) is 0 Å². The highest BCUT2D eigenvalue weighted by Gasteiger charge is 2.40. The summed E-state index contributed by atoms with van der Waals surface area (Å²) >= 11 is 0. The number of carbonyl (C=O) groups excluding carboxylic acids is 3. The smallest absolute Gasteiger partial charge is 0.229 e. The molecule has 0 radical (unpaired) electrons. The van der Waals surface area contributed by atoms with Gasteiger partial charge in [0, 0.05) is 12.8 Å². The van der Waals surface area contributed by atoms with Gasteiger partial charge in [-0.15, -0.1) is 0 Å². The highest BCUT2D eigenvalue weighted by atomic mass is 16.2. The molecule has 0 aromatic heterocycles. The molecular weight excluding hydrogens is 194 g/mol. The number of likely N-dealkylation sites (tertiary alicyclic amines) is 1.